The molecule has 0 saturated carbocycles. The average Bonchev–Trinajstić information content (AvgIpc) is 3.18. The average molecular weight is 437 g/mol. The molecule has 0 spiro atoms. The van der Waals surface area contributed by atoms with Crippen LogP contribution in [0.2, 0.25) is 0 Å². The molecular formula is C23H20IN. The Labute approximate surface area is 161 Å². The van der Waals surface area contributed by atoms with Crippen molar-refractivity contribution in [2.75, 3.05) is 0 Å². The molecule has 3 aromatic carbocycles. The Morgan fingerprint density at radius 1 is 0.760 bits per heavy atom. The number of alkyl halides is 1. The molecule has 0 amide bonds. The molecule has 0 aliphatic rings. The first kappa shape index (κ1) is 15.4. The second kappa shape index (κ2) is 5.34. The molecule has 2 heteroatoms. The quantitative estimate of drug-likeness (QED) is 0.206. The molecule has 0 aliphatic heterocycles. The highest BCUT2D eigenvalue weighted by atomic mass is 127. The lowest BCUT2D eigenvalue weighted by molar-refractivity contribution is 0.613. The highest BCUT2D eigenvalue weighted by Crippen LogP contribution is 2.45. The summed E-state index contributed by atoms with van der Waals surface area (Å²) in [7, 11) is 0. The molecule has 0 N–H and O–H groups in total. The van der Waals surface area contributed by atoms with Crippen LogP contribution in [-0.2, 0) is 3.42 Å². The van der Waals surface area contributed by atoms with E-state index < -0.39 is 0 Å². The topological polar surface area (TPSA) is 4.41 Å². The van der Waals surface area contributed by atoms with Gasteiger partial charge in [-0.1, -0.05) is 72.8 Å². The lowest BCUT2D eigenvalue weighted by Crippen LogP contribution is -2.14. The Bertz CT molecular complexity index is 1140. The van der Waals surface area contributed by atoms with Crippen molar-refractivity contribution in [3.63, 3.8) is 0 Å². The summed E-state index contributed by atoms with van der Waals surface area (Å²) in [5, 5.41) is 5.51. The lowest BCUT2D eigenvalue weighted by atomic mass is 9.91. The number of hydrogen-bond acceptors (Lipinski definition) is 0. The SMILES string of the molecule is CCC(I)(CC)c1cc2c3ccccc3n3c4ccccc4c(c1)c23. The zero-order chi connectivity index (χ0) is 17.2. The standard InChI is InChI=1S/C23H20IN/c1-3-23(24,4-2)15-13-18-16-9-5-7-11-20(16)25-21-12-8-6-10-17(21)19(14-15)22(18)25/h5-14H,3-4H2,1-2H3. The van der Waals surface area contributed by atoms with Crippen molar-refractivity contribution < 1.29 is 0 Å². The third kappa shape index (κ3) is 1.95. The van der Waals surface area contributed by atoms with Crippen molar-refractivity contribution >= 4 is 60.7 Å². The number of hydrogen-bond donors (Lipinski definition) is 0. The number of benzene rings is 3. The van der Waals surface area contributed by atoms with Crippen LogP contribution in [0.15, 0.2) is 60.7 Å². The molecule has 25 heavy (non-hydrogen) atoms. The van der Waals surface area contributed by atoms with Crippen LogP contribution in [0.5, 0.6) is 0 Å². The summed E-state index contributed by atoms with van der Waals surface area (Å²) < 4.78 is 2.65. The van der Waals surface area contributed by atoms with Crippen LogP contribution in [0.1, 0.15) is 32.3 Å². The van der Waals surface area contributed by atoms with Gasteiger partial charge in [-0.25, -0.2) is 0 Å². The van der Waals surface area contributed by atoms with Crippen LogP contribution in [0.25, 0.3) is 38.1 Å². The van der Waals surface area contributed by atoms with Crippen molar-refractivity contribution in [2.24, 2.45) is 0 Å². The first-order chi connectivity index (χ1) is 12.2. The van der Waals surface area contributed by atoms with E-state index in [-0.39, 0.29) is 3.42 Å². The number of para-hydroxylation sites is 2. The molecule has 0 fully saturated rings. The fraction of sp³-hybridized carbons (Fsp3) is 0.217. The van der Waals surface area contributed by atoms with Gasteiger partial charge in [-0.05, 0) is 42.7 Å². The second-order valence-electron chi connectivity index (χ2n) is 6.96. The normalized spacial score (nSPS) is 12.9. The molecule has 5 rings (SSSR count). The van der Waals surface area contributed by atoms with Crippen molar-refractivity contribution in [1.29, 1.82) is 0 Å². The fourth-order valence-electron chi connectivity index (χ4n) is 4.37. The Morgan fingerprint density at radius 3 is 1.72 bits per heavy atom. The van der Waals surface area contributed by atoms with Gasteiger partial charge in [0.05, 0.1) is 16.6 Å². The van der Waals surface area contributed by atoms with Gasteiger partial charge in [-0.15, -0.1) is 0 Å². The summed E-state index contributed by atoms with van der Waals surface area (Å²) in [6, 6.07) is 22.5. The van der Waals surface area contributed by atoms with E-state index in [9.17, 15) is 0 Å². The Kier molecular flexibility index (Phi) is 3.30. The largest absolute Gasteiger partial charge is 0.308 e. The van der Waals surface area contributed by atoms with Gasteiger partial charge < -0.3 is 4.40 Å². The second-order valence-corrected chi connectivity index (χ2v) is 9.03. The molecule has 2 heterocycles. The summed E-state index contributed by atoms with van der Waals surface area (Å²) in [5.74, 6) is 0. The molecule has 0 bridgehead atoms. The minimum atomic E-state index is 0.198. The first-order valence-corrected chi connectivity index (χ1v) is 10.1. The third-order valence-corrected chi connectivity index (χ3v) is 7.99. The molecule has 124 valence electrons. The van der Waals surface area contributed by atoms with Crippen molar-refractivity contribution in [2.45, 2.75) is 30.1 Å². The van der Waals surface area contributed by atoms with Crippen LogP contribution >= 0.6 is 22.6 Å². The van der Waals surface area contributed by atoms with Crippen LogP contribution in [0, 0.1) is 0 Å². The van der Waals surface area contributed by atoms with Gasteiger partial charge in [0.2, 0.25) is 0 Å². The van der Waals surface area contributed by atoms with Crippen molar-refractivity contribution in [3.8, 4) is 0 Å². The molecule has 0 radical (unpaired) electrons. The lowest BCUT2D eigenvalue weighted by Gasteiger charge is -2.25. The molecule has 0 saturated heterocycles. The molecule has 0 atom stereocenters. The van der Waals surface area contributed by atoms with Gasteiger partial charge in [-0.2, -0.15) is 0 Å². The first-order valence-electron chi connectivity index (χ1n) is 9.04. The predicted octanol–water partition coefficient (Wildman–Crippen LogP) is 7.29. The number of nitrogens with zero attached hydrogens (tertiary/aromatic N) is 1. The van der Waals surface area contributed by atoms with Crippen molar-refractivity contribution in [1.82, 2.24) is 4.40 Å². The number of aromatic nitrogens is 1. The van der Waals surface area contributed by atoms with E-state index in [2.05, 4.69) is 102 Å². The highest BCUT2D eigenvalue weighted by molar-refractivity contribution is 14.1. The zero-order valence-electron chi connectivity index (χ0n) is 14.5. The summed E-state index contributed by atoms with van der Waals surface area (Å²) in [4.78, 5) is 0. The van der Waals surface area contributed by atoms with E-state index in [4.69, 9.17) is 0 Å². The molecule has 5 aromatic rings. The van der Waals surface area contributed by atoms with Gasteiger partial charge in [0, 0.05) is 25.0 Å². The maximum atomic E-state index is 2.67. The monoisotopic (exact) mass is 437 g/mol. The van der Waals surface area contributed by atoms with Crippen molar-refractivity contribution in [3.05, 3.63) is 66.2 Å². The van der Waals surface area contributed by atoms with Gasteiger partial charge in [-0.3, -0.25) is 0 Å². The van der Waals surface area contributed by atoms with Gasteiger partial charge in [0.25, 0.3) is 0 Å². The van der Waals surface area contributed by atoms with E-state index in [0.717, 1.165) is 12.8 Å². The molecule has 1 nitrogen and oxygen atoms in total. The Hall–Kier alpha value is -1.81. The van der Waals surface area contributed by atoms with Crippen LogP contribution in [-0.4, -0.2) is 4.40 Å². The van der Waals surface area contributed by atoms with Crippen LogP contribution in [0.3, 0.4) is 0 Å². The van der Waals surface area contributed by atoms with Crippen LogP contribution < -0.4 is 0 Å². The smallest absolute Gasteiger partial charge is 0.0620 e. The summed E-state index contributed by atoms with van der Waals surface area (Å²) in [6.45, 7) is 4.60. The van der Waals surface area contributed by atoms with E-state index in [0.29, 0.717) is 0 Å². The van der Waals surface area contributed by atoms with E-state index in [1.54, 1.807) is 0 Å². The molecule has 0 unspecified atom stereocenters. The predicted molar refractivity (Wildman–Crippen MR) is 117 cm³/mol. The number of fused-ring (bicyclic) bond motifs is 6. The third-order valence-electron chi connectivity index (χ3n) is 5.84. The maximum absolute atomic E-state index is 2.67. The van der Waals surface area contributed by atoms with Gasteiger partial charge >= 0.3 is 0 Å². The molecule has 0 aliphatic carbocycles. The Morgan fingerprint density at radius 2 is 1.24 bits per heavy atom. The zero-order valence-corrected chi connectivity index (χ0v) is 16.7. The maximum Gasteiger partial charge on any atom is 0.0620 e. The fourth-order valence-corrected chi connectivity index (χ4v) is 4.68. The Balaban J connectivity index is 2.08. The van der Waals surface area contributed by atoms with Crippen LogP contribution in [0.4, 0.5) is 0 Å². The van der Waals surface area contributed by atoms with Gasteiger partial charge in [0.1, 0.15) is 0 Å². The minimum absolute atomic E-state index is 0.198. The summed E-state index contributed by atoms with van der Waals surface area (Å²) in [5.41, 5.74) is 5.46. The summed E-state index contributed by atoms with van der Waals surface area (Å²) in [6.07, 6.45) is 2.30. The molecule has 2 aromatic heterocycles. The van der Waals surface area contributed by atoms with E-state index in [1.807, 2.05) is 0 Å². The molecular weight excluding hydrogens is 417 g/mol. The van der Waals surface area contributed by atoms with E-state index in [1.165, 1.54) is 43.7 Å². The number of halogens is 1. The van der Waals surface area contributed by atoms with Gasteiger partial charge in [0.15, 0.2) is 0 Å². The number of rotatable bonds is 3. The summed E-state index contributed by atoms with van der Waals surface area (Å²) >= 11 is 2.67. The highest BCUT2D eigenvalue weighted by Gasteiger charge is 2.27. The van der Waals surface area contributed by atoms with E-state index >= 15 is 0 Å². The minimum Gasteiger partial charge on any atom is -0.308 e.